The van der Waals surface area contributed by atoms with Crippen molar-refractivity contribution in [2.75, 3.05) is 5.75 Å². The zero-order chi connectivity index (χ0) is 22.0. The van der Waals surface area contributed by atoms with E-state index in [1.807, 2.05) is 17.0 Å². The number of thioether (sulfide) groups is 1. The summed E-state index contributed by atoms with van der Waals surface area (Å²) < 4.78 is 13.1. The molecule has 8 heteroatoms. The largest absolute Gasteiger partial charge is 0.358 e. The Morgan fingerprint density at radius 2 is 1.84 bits per heavy atom. The molecule has 0 radical (unpaired) electrons. The molecule has 5 nitrogen and oxygen atoms in total. The lowest BCUT2D eigenvalue weighted by Crippen LogP contribution is -2.52. The number of nitrogens with zero attached hydrogens (tertiary/aromatic N) is 1. The lowest BCUT2D eigenvalue weighted by Gasteiger charge is -2.39. The summed E-state index contributed by atoms with van der Waals surface area (Å²) in [6.45, 7) is 0.712. The van der Waals surface area contributed by atoms with Crippen LogP contribution in [0.2, 0.25) is 5.02 Å². The topological polar surface area (TPSA) is 75.4 Å². The number of nitrogens with two attached hydrogens (primary N) is 1. The molecule has 0 aromatic heterocycles. The number of halogens is 2. The lowest BCUT2D eigenvalue weighted by atomic mass is 9.98. The number of carbonyl (C=O) groups is 2. The molecule has 2 aliphatic rings. The van der Waals surface area contributed by atoms with Crippen LogP contribution in [-0.4, -0.2) is 34.4 Å². The van der Waals surface area contributed by atoms with E-state index in [0.29, 0.717) is 22.9 Å². The van der Waals surface area contributed by atoms with Crippen LogP contribution in [0.15, 0.2) is 71.3 Å². The third-order valence-corrected chi connectivity index (χ3v) is 6.63. The monoisotopic (exact) mass is 457 g/mol. The van der Waals surface area contributed by atoms with Crippen molar-refractivity contribution in [3.63, 3.8) is 0 Å². The van der Waals surface area contributed by atoms with Gasteiger partial charge in [0.1, 0.15) is 11.9 Å². The number of hydrogen-bond donors (Lipinski definition) is 2. The highest BCUT2D eigenvalue weighted by Gasteiger charge is 2.39. The molecule has 0 aliphatic carbocycles. The Morgan fingerprint density at radius 3 is 2.55 bits per heavy atom. The molecule has 1 unspecified atom stereocenters. The summed E-state index contributed by atoms with van der Waals surface area (Å²) in [5, 5.41) is 3.49. The van der Waals surface area contributed by atoms with Crippen LogP contribution in [0.25, 0.3) is 0 Å². The highest BCUT2D eigenvalue weighted by molar-refractivity contribution is 8.03. The minimum Gasteiger partial charge on any atom is -0.358 e. The molecule has 2 atom stereocenters. The fourth-order valence-electron chi connectivity index (χ4n) is 3.53. The third kappa shape index (κ3) is 5.01. The molecule has 31 heavy (non-hydrogen) atoms. The smallest absolute Gasteiger partial charge is 0.253 e. The molecule has 0 spiro atoms. The zero-order valence-corrected chi connectivity index (χ0v) is 18.1. The molecular weight excluding hydrogens is 437 g/mol. The van der Waals surface area contributed by atoms with Gasteiger partial charge in [0.25, 0.3) is 5.91 Å². The molecular formula is C23H21ClFN3O2S. The van der Waals surface area contributed by atoms with Gasteiger partial charge in [0, 0.05) is 35.0 Å². The van der Waals surface area contributed by atoms with E-state index in [9.17, 15) is 14.0 Å². The van der Waals surface area contributed by atoms with Crippen molar-refractivity contribution in [3.8, 4) is 0 Å². The first-order valence-corrected chi connectivity index (χ1v) is 11.2. The molecule has 3 N–H and O–H groups in total. The quantitative estimate of drug-likeness (QED) is 0.719. The molecule has 4 rings (SSSR count). The molecule has 2 aromatic carbocycles. The summed E-state index contributed by atoms with van der Waals surface area (Å²) in [6, 6.07) is 12.3. The molecule has 0 bridgehead atoms. The summed E-state index contributed by atoms with van der Waals surface area (Å²) >= 11 is 7.49. The average Bonchev–Trinajstić information content (AvgIpc) is 2.77. The van der Waals surface area contributed by atoms with Crippen molar-refractivity contribution in [3.05, 3.63) is 93.3 Å². The Morgan fingerprint density at radius 1 is 1.16 bits per heavy atom. The van der Waals surface area contributed by atoms with Crippen LogP contribution in [0.1, 0.15) is 11.1 Å². The van der Waals surface area contributed by atoms with E-state index in [1.54, 1.807) is 36.5 Å². The van der Waals surface area contributed by atoms with E-state index in [1.165, 1.54) is 23.9 Å². The Hall–Kier alpha value is -2.61. The fourth-order valence-corrected chi connectivity index (χ4v) is 4.81. The minimum absolute atomic E-state index is 0.0546. The van der Waals surface area contributed by atoms with E-state index in [2.05, 4.69) is 5.32 Å². The molecule has 1 fully saturated rings. The SMILES string of the molecule is N[C@H]1CSC2=CC(C(=O)NCc3ccc(F)cc3)=CN(Cc3ccc(Cl)cc3)C2C1=O. The van der Waals surface area contributed by atoms with Gasteiger partial charge in [-0.25, -0.2) is 4.39 Å². The van der Waals surface area contributed by atoms with Crippen molar-refractivity contribution >= 4 is 35.1 Å². The van der Waals surface area contributed by atoms with Crippen molar-refractivity contribution in [1.82, 2.24) is 10.2 Å². The summed E-state index contributed by atoms with van der Waals surface area (Å²) in [5.74, 6) is -0.156. The number of fused-ring (bicyclic) bond motifs is 1. The van der Waals surface area contributed by atoms with Gasteiger partial charge in [-0.15, -0.1) is 11.8 Å². The number of carbonyl (C=O) groups excluding carboxylic acids is 2. The fraction of sp³-hybridized carbons (Fsp3) is 0.217. The predicted octanol–water partition coefficient (Wildman–Crippen LogP) is 3.39. The minimum atomic E-state index is -0.540. The maximum atomic E-state index is 13.1. The second-order valence-corrected chi connectivity index (χ2v) is 8.99. The van der Waals surface area contributed by atoms with Gasteiger partial charge >= 0.3 is 0 Å². The van der Waals surface area contributed by atoms with Crippen molar-refractivity contribution < 1.29 is 14.0 Å². The first-order chi connectivity index (χ1) is 14.9. The van der Waals surface area contributed by atoms with Gasteiger partial charge in [0.05, 0.1) is 11.6 Å². The standard InChI is InChI=1S/C23H21ClFN3O2S/c24-17-5-1-15(2-6-17)11-28-12-16(9-20-21(28)22(29)19(26)13-31-20)23(30)27-10-14-3-7-18(25)8-4-14/h1-9,12,19,21H,10-11,13,26H2,(H,27,30)/t19-,21?/m0/s1. The van der Waals surface area contributed by atoms with Crippen LogP contribution in [-0.2, 0) is 22.7 Å². The van der Waals surface area contributed by atoms with Crippen LogP contribution < -0.4 is 11.1 Å². The van der Waals surface area contributed by atoms with Gasteiger partial charge in [-0.1, -0.05) is 35.9 Å². The molecule has 0 saturated carbocycles. The third-order valence-electron chi connectivity index (χ3n) is 5.18. The number of Topliss-reactive ketones (excluding diaryl/α,β-unsaturated/α-hetero) is 1. The molecule has 1 saturated heterocycles. The number of ketones is 1. The number of benzene rings is 2. The lowest BCUT2D eigenvalue weighted by molar-refractivity contribution is -0.123. The second-order valence-electron chi connectivity index (χ2n) is 7.46. The Bertz CT molecular complexity index is 1050. The molecule has 2 aromatic rings. The van der Waals surface area contributed by atoms with Crippen LogP contribution >= 0.6 is 23.4 Å². The van der Waals surface area contributed by atoms with E-state index >= 15 is 0 Å². The van der Waals surface area contributed by atoms with E-state index in [0.717, 1.165) is 16.0 Å². The maximum absolute atomic E-state index is 13.1. The van der Waals surface area contributed by atoms with E-state index in [4.69, 9.17) is 17.3 Å². The van der Waals surface area contributed by atoms with Crippen molar-refractivity contribution in [2.45, 2.75) is 25.2 Å². The summed E-state index contributed by atoms with van der Waals surface area (Å²) in [7, 11) is 0. The first-order valence-electron chi connectivity index (χ1n) is 9.79. The highest BCUT2D eigenvalue weighted by Crippen LogP contribution is 2.35. The maximum Gasteiger partial charge on any atom is 0.253 e. The van der Waals surface area contributed by atoms with Crippen LogP contribution in [0.4, 0.5) is 4.39 Å². The summed E-state index contributed by atoms with van der Waals surface area (Å²) in [6.07, 6.45) is 3.47. The molecule has 2 aliphatic heterocycles. The van der Waals surface area contributed by atoms with Crippen LogP contribution in [0.5, 0.6) is 0 Å². The van der Waals surface area contributed by atoms with Crippen LogP contribution in [0.3, 0.4) is 0 Å². The van der Waals surface area contributed by atoms with Crippen LogP contribution in [0, 0.1) is 5.82 Å². The predicted molar refractivity (Wildman–Crippen MR) is 121 cm³/mol. The molecule has 2 heterocycles. The first kappa shape index (κ1) is 21.6. The number of rotatable bonds is 5. The Labute approximate surface area is 189 Å². The van der Waals surface area contributed by atoms with Gasteiger partial charge in [-0.2, -0.15) is 0 Å². The molecule has 160 valence electrons. The normalized spacial score (nSPS) is 20.6. The number of hydrogen-bond acceptors (Lipinski definition) is 5. The number of nitrogens with one attached hydrogen (secondary N) is 1. The van der Waals surface area contributed by atoms with Crippen molar-refractivity contribution in [1.29, 1.82) is 0 Å². The van der Waals surface area contributed by atoms with Gasteiger partial charge in [-0.05, 0) is 41.5 Å². The highest BCUT2D eigenvalue weighted by atomic mass is 35.5. The van der Waals surface area contributed by atoms with Gasteiger partial charge in [-0.3, -0.25) is 9.59 Å². The molecule has 1 amide bonds. The Kier molecular flexibility index (Phi) is 6.46. The second kappa shape index (κ2) is 9.26. The summed E-state index contributed by atoms with van der Waals surface area (Å²) in [5.41, 5.74) is 8.22. The van der Waals surface area contributed by atoms with E-state index < -0.39 is 12.1 Å². The van der Waals surface area contributed by atoms with Crippen molar-refractivity contribution in [2.24, 2.45) is 5.73 Å². The van der Waals surface area contributed by atoms with Gasteiger partial charge in [0.2, 0.25) is 0 Å². The summed E-state index contributed by atoms with van der Waals surface area (Å²) in [4.78, 5) is 28.3. The van der Waals surface area contributed by atoms with E-state index in [-0.39, 0.29) is 24.1 Å². The van der Waals surface area contributed by atoms with Gasteiger partial charge < -0.3 is 16.0 Å². The Balaban J connectivity index is 1.55. The average molecular weight is 458 g/mol. The van der Waals surface area contributed by atoms with Gasteiger partial charge in [0.15, 0.2) is 5.78 Å². The zero-order valence-electron chi connectivity index (χ0n) is 16.6. The number of amides is 1.